The molecule has 0 fully saturated rings. The van der Waals surface area contributed by atoms with Gasteiger partial charge in [-0.25, -0.2) is 4.79 Å². The van der Waals surface area contributed by atoms with Crippen LogP contribution >= 0.6 is 0 Å². The van der Waals surface area contributed by atoms with E-state index in [1.54, 1.807) is 12.1 Å². The molecule has 34 heavy (non-hydrogen) atoms. The molecule has 0 bridgehead atoms. The fourth-order valence-corrected chi connectivity index (χ4v) is 4.41. The molecule has 0 amide bonds. The molecule has 0 atom stereocenters. The summed E-state index contributed by atoms with van der Waals surface area (Å²) < 4.78 is 8.69. The van der Waals surface area contributed by atoms with Crippen molar-refractivity contribution in [1.82, 2.24) is 4.57 Å². The number of benzene rings is 3. The number of fused-ring (bicyclic) bond motifs is 1. The molecule has 0 aliphatic heterocycles. The highest BCUT2D eigenvalue weighted by Gasteiger charge is 2.16. The van der Waals surface area contributed by atoms with Crippen LogP contribution in [0.5, 0.6) is 5.75 Å². The zero-order valence-electron chi connectivity index (χ0n) is 20.5. The minimum Gasteiger partial charge on any atom is -0.489 e. The quantitative estimate of drug-likeness (QED) is 0.298. The molecule has 4 heteroatoms. The van der Waals surface area contributed by atoms with E-state index in [-0.39, 0.29) is 5.41 Å². The Morgan fingerprint density at radius 3 is 2.41 bits per heavy atom. The van der Waals surface area contributed by atoms with Crippen LogP contribution in [0.4, 0.5) is 0 Å². The molecule has 0 aliphatic carbocycles. The van der Waals surface area contributed by atoms with Crippen molar-refractivity contribution < 1.29 is 14.6 Å². The summed E-state index contributed by atoms with van der Waals surface area (Å²) >= 11 is 0. The molecule has 0 radical (unpaired) electrons. The molecule has 0 saturated heterocycles. The molecule has 4 rings (SSSR count). The van der Waals surface area contributed by atoms with E-state index < -0.39 is 5.97 Å². The second-order valence-corrected chi connectivity index (χ2v) is 10.1. The Balaban J connectivity index is 1.57. The highest BCUT2D eigenvalue weighted by Crippen LogP contribution is 2.32. The first kappa shape index (κ1) is 23.6. The summed E-state index contributed by atoms with van der Waals surface area (Å²) in [4.78, 5) is 11.1. The van der Waals surface area contributed by atoms with Crippen LogP contribution in [0.3, 0.4) is 0 Å². The normalized spacial score (nSPS) is 11.6. The van der Waals surface area contributed by atoms with Gasteiger partial charge in [0.05, 0.1) is 5.56 Å². The van der Waals surface area contributed by atoms with Gasteiger partial charge in [0.15, 0.2) is 0 Å². The highest BCUT2D eigenvalue weighted by atomic mass is 16.5. The van der Waals surface area contributed by atoms with E-state index in [0.29, 0.717) is 12.2 Å². The van der Waals surface area contributed by atoms with E-state index in [0.717, 1.165) is 41.8 Å². The zero-order valence-corrected chi connectivity index (χ0v) is 20.5. The van der Waals surface area contributed by atoms with E-state index in [9.17, 15) is 4.79 Å². The lowest BCUT2D eigenvalue weighted by Gasteiger charge is -2.20. The van der Waals surface area contributed by atoms with Gasteiger partial charge in [0.1, 0.15) is 12.4 Å². The molecule has 1 aromatic heterocycles. The topological polar surface area (TPSA) is 51.5 Å². The summed E-state index contributed by atoms with van der Waals surface area (Å²) in [7, 11) is 0. The van der Waals surface area contributed by atoms with E-state index in [4.69, 9.17) is 9.84 Å². The Kier molecular flexibility index (Phi) is 6.78. The molecule has 1 N–H and O–H groups in total. The van der Waals surface area contributed by atoms with E-state index in [2.05, 4.69) is 68.8 Å². The van der Waals surface area contributed by atoms with Gasteiger partial charge in [-0.3, -0.25) is 0 Å². The number of carboxylic acid groups (broad SMARTS) is 1. The smallest absolute Gasteiger partial charge is 0.335 e. The van der Waals surface area contributed by atoms with Crippen molar-refractivity contribution in [2.24, 2.45) is 5.41 Å². The number of hydrogen-bond acceptors (Lipinski definition) is 2. The summed E-state index contributed by atoms with van der Waals surface area (Å²) in [6.07, 6.45) is 4.22. The van der Waals surface area contributed by atoms with Crippen LogP contribution in [0.2, 0.25) is 0 Å². The monoisotopic (exact) mass is 455 g/mol. The van der Waals surface area contributed by atoms with Gasteiger partial charge in [-0.15, -0.1) is 0 Å². The highest BCUT2D eigenvalue weighted by molar-refractivity contribution is 5.88. The number of aromatic carboxylic acids is 1. The number of aryl methyl sites for hydroxylation is 1. The summed E-state index contributed by atoms with van der Waals surface area (Å²) in [5, 5.41) is 10.4. The molecule has 0 unspecified atom stereocenters. The second-order valence-electron chi connectivity index (χ2n) is 10.1. The van der Waals surface area contributed by atoms with Gasteiger partial charge in [0.25, 0.3) is 0 Å². The van der Waals surface area contributed by atoms with Crippen LogP contribution in [0.1, 0.15) is 55.6 Å². The third kappa shape index (κ3) is 5.33. The maximum atomic E-state index is 11.1. The number of carboxylic acids is 1. The molecule has 0 spiro atoms. The van der Waals surface area contributed by atoms with Crippen LogP contribution in [-0.2, 0) is 19.6 Å². The number of carbonyl (C=O) groups is 1. The average molecular weight is 456 g/mol. The third-order valence-electron chi connectivity index (χ3n) is 5.95. The van der Waals surface area contributed by atoms with E-state index >= 15 is 0 Å². The number of nitrogens with zero attached hydrogens (tertiary/aromatic N) is 1. The van der Waals surface area contributed by atoms with E-state index in [1.807, 2.05) is 24.3 Å². The predicted octanol–water partition coefficient (Wildman–Crippen LogP) is 7.58. The lowest BCUT2D eigenvalue weighted by Crippen LogP contribution is -2.14. The maximum Gasteiger partial charge on any atom is 0.335 e. The minimum atomic E-state index is -0.915. The average Bonchev–Trinajstić information content (AvgIpc) is 3.20. The lowest BCUT2D eigenvalue weighted by molar-refractivity contribution is 0.0697. The van der Waals surface area contributed by atoms with Gasteiger partial charge in [-0.1, -0.05) is 64.4 Å². The molecule has 3 aromatic carbocycles. The fraction of sp³-hybridized carbons (Fsp3) is 0.300. The summed E-state index contributed by atoms with van der Waals surface area (Å²) in [6.45, 7) is 10.4. The first-order valence-electron chi connectivity index (χ1n) is 11.9. The number of rotatable bonds is 8. The van der Waals surface area contributed by atoms with Crippen molar-refractivity contribution >= 4 is 16.9 Å². The van der Waals surface area contributed by atoms with Crippen LogP contribution in [-0.4, -0.2) is 15.6 Å². The van der Waals surface area contributed by atoms with E-state index in [1.165, 1.54) is 16.5 Å². The zero-order chi connectivity index (χ0) is 24.3. The summed E-state index contributed by atoms with van der Waals surface area (Å²) in [5.41, 5.74) is 6.14. The fourth-order valence-electron chi connectivity index (χ4n) is 4.41. The van der Waals surface area contributed by atoms with Crippen molar-refractivity contribution in [3.05, 3.63) is 89.6 Å². The van der Waals surface area contributed by atoms with Crippen molar-refractivity contribution in [2.75, 3.05) is 0 Å². The first-order valence-corrected chi connectivity index (χ1v) is 11.9. The molecular formula is C30H33NO3. The van der Waals surface area contributed by atoms with Gasteiger partial charge in [-0.2, -0.15) is 0 Å². The molecule has 1 heterocycles. The number of hydrogen-bond donors (Lipinski definition) is 1. The molecule has 4 nitrogen and oxygen atoms in total. The van der Waals surface area contributed by atoms with Crippen molar-refractivity contribution in [3.8, 4) is 16.9 Å². The molecule has 176 valence electrons. The number of ether oxygens (including phenoxy) is 1. The molecule has 0 saturated carbocycles. The van der Waals surface area contributed by atoms with Crippen molar-refractivity contribution in [2.45, 2.75) is 53.7 Å². The van der Waals surface area contributed by atoms with Crippen LogP contribution in [0, 0.1) is 5.41 Å². The summed E-state index contributed by atoms with van der Waals surface area (Å²) in [6, 6.07) is 21.7. The van der Waals surface area contributed by atoms with Crippen LogP contribution in [0.15, 0.2) is 72.9 Å². The minimum absolute atomic E-state index is 0.213. The van der Waals surface area contributed by atoms with Gasteiger partial charge < -0.3 is 14.4 Å². The molecule has 0 aliphatic rings. The molecular weight excluding hydrogens is 422 g/mol. The van der Waals surface area contributed by atoms with Gasteiger partial charge in [-0.05, 0) is 64.9 Å². The second kappa shape index (κ2) is 9.76. The Hall–Kier alpha value is -3.53. The Labute approximate surface area is 201 Å². The lowest BCUT2D eigenvalue weighted by atomic mass is 9.97. The first-order chi connectivity index (χ1) is 16.2. The Morgan fingerprint density at radius 1 is 0.971 bits per heavy atom. The predicted molar refractivity (Wildman–Crippen MR) is 139 cm³/mol. The van der Waals surface area contributed by atoms with Gasteiger partial charge in [0.2, 0.25) is 0 Å². The SMILES string of the molecule is CCCc1c(OCc2cccc(-c3ccc(C(=O)O)cc3)c2)ccc2c1ccn2CC(C)(C)C. The van der Waals surface area contributed by atoms with Crippen molar-refractivity contribution in [3.63, 3.8) is 0 Å². The number of aromatic nitrogens is 1. The Morgan fingerprint density at radius 2 is 1.74 bits per heavy atom. The third-order valence-corrected chi connectivity index (χ3v) is 5.95. The molecule has 4 aromatic rings. The van der Waals surface area contributed by atoms with Gasteiger partial charge >= 0.3 is 5.97 Å². The largest absolute Gasteiger partial charge is 0.489 e. The van der Waals surface area contributed by atoms with Crippen LogP contribution in [0.25, 0.3) is 22.0 Å². The van der Waals surface area contributed by atoms with Crippen LogP contribution < -0.4 is 4.74 Å². The Bertz CT molecular complexity index is 1290. The van der Waals surface area contributed by atoms with Gasteiger partial charge in [0, 0.05) is 29.2 Å². The standard InChI is InChI=1S/C30H33NO3/c1-5-7-26-25-16-17-31(20-30(2,3)4)27(25)14-15-28(26)34-19-21-8-6-9-24(18-21)22-10-12-23(13-11-22)29(32)33/h6,8-18H,5,7,19-20H2,1-4H3,(H,32,33). The maximum absolute atomic E-state index is 11.1. The van der Waals surface area contributed by atoms with Crippen molar-refractivity contribution in [1.29, 1.82) is 0 Å². The summed E-state index contributed by atoms with van der Waals surface area (Å²) in [5.74, 6) is 0.0291.